The minimum Gasteiger partial charge on any atom is -0.459 e. The maximum Gasteiger partial charge on any atom is 0.324 e. The van der Waals surface area contributed by atoms with E-state index in [0.29, 0.717) is 0 Å². The number of carbonyl (C=O) groups is 1. The number of hydrogen-bond donors (Lipinski definition) is 1. The summed E-state index contributed by atoms with van der Waals surface area (Å²) >= 11 is 0. The molecule has 0 bridgehead atoms. The minimum atomic E-state index is -0.513. The normalized spacial score (nSPS) is 23.6. The van der Waals surface area contributed by atoms with Gasteiger partial charge in [0, 0.05) is 5.92 Å². The number of hydrogen-bond acceptors (Lipinski definition) is 3. The molecule has 0 aliphatic heterocycles. The Hall–Kier alpha value is -0.830. The summed E-state index contributed by atoms with van der Waals surface area (Å²) in [5.74, 6) is -0.146. The Kier molecular flexibility index (Phi) is 3.91. The zero-order chi connectivity index (χ0) is 11.5. The predicted molar refractivity (Wildman–Crippen MR) is 60.3 cm³/mol. The highest BCUT2D eigenvalue weighted by Crippen LogP contribution is 2.21. The molecule has 0 saturated heterocycles. The van der Waals surface area contributed by atoms with E-state index in [2.05, 4.69) is 6.08 Å². The monoisotopic (exact) mass is 211 g/mol. The Labute approximate surface area is 91.7 Å². The molecule has 15 heavy (non-hydrogen) atoms. The summed E-state index contributed by atoms with van der Waals surface area (Å²) < 4.78 is 5.25. The first kappa shape index (κ1) is 12.2. The zero-order valence-corrected chi connectivity index (χ0v) is 9.82. The van der Waals surface area contributed by atoms with Crippen molar-refractivity contribution in [3.05, 3.63) is 12.2 Å². The molecule has 3 nitrogen and oxygen atoms in total. The summed E-state index contributed by atoms with van der Waals surface area (Å²) in [4.78, 5) is 11.7. The van der Waals surface area contributed by atoms with E-state index in [1.54, 1.807) is 0 Å². The van der Waals surface area contributed by atoms with E-state index < -0.39 is 11.6 Å². The van der Waals surface area contributed by atoms with E-state index in [0.717, 1.165) is 19.3 Å². The molecule has 0 aromatic rings. The number of nitrogens with two attached hydrogens (primary N) is 1. The lowest BCUT2D eigenvalue weighted by Crippen LogP contribution is -2.42. The standard InChI is InChI=1S/C12H21NO2/c1-12(2,3)15-11(14)10(13)9-7-5-4-6-8-9/h5,7,9-10H,4,6,8,13H2,1-3H3. The molecule has 0 aromatic heterocycles. The fraction of sp³-hybridized carbons (Fsp3) is 0.750. The number of esters is 1. The third-order valence-corrected chi connectivity index (χ3v) is 2.43. The van der Waals surface area contributed by atoms with Crippen LogP contribution >= 0.6 is 0 Å². The second-order valence-electron chi connectivity index (χ2n) is 5.08. The molecular weight excluding hydrogens is 190 g/mol. The van der Waals surface area contributed by atoms with E-state index in [1.807, 2.05) is 26.8 Å². The van der Waals surface area contributed by atoms with E-state index in [1.165, 1.54) is 0 Å². The summed E-state index contributed by atoms with van der Waals surface area (Å²) in [6, 6.07) is -0.513. The van der Waals surface area contributed by atoms with Crippen molar-refractivity contribution in [3.8, 4) is 0 Å². The average Bonchev–Trinajstić information content (AvgIpc) is 2.15. The van der Waals surface area contributed by atoms with Gasteiger partial charge >= 0.3 is 5.97 Å². The van der Waals surface area contributed by atoms with Gasteiger partial charge in [-0.25, -0.2) is 0 Å². The molecule has 0 spiro atoms. The molecule has 2 N–H and O–H groups in total. The van der Waals surface area contributed by atoms with Gasteiger partial charge in [-0.05, 0) is 40.0 Å². The van der Waals surface area contributed by atoms with Crippen LogP contribution in [-0.2, 0) is 9.53 Å². The molecule has 0 amide bonds. The summed E-state index contributed by atoms with van der Waals surface area (Å²) in [6.07, 6.45) is 7.32. The highest BCUT2D eigenvalue weighted by atomic mass is 16.6. The predicted octanol–water partition coefficient (Wildman–Crippen LogP) is 2.01. The third-order valence-electron chi connectivity index (χ3n) is 2.43. The SMILES string of the molecule is CC(C)(C)OC(=O)C(N)C1C=CCCC1. The van der Waals surface area contributed by atoms with Crippen LogP contribution in [0.4, 0.5) is 0 Å². The molecule has 1 aliphatic rings. The summed E-state index contributed by atoms with van der Waals surface area (Å²) in [7, 11) is 0. The van der Waals surface area contributed by atoms with Crippen LogP contribution in [0.15, 0.2) is 12.2 Å². The molecule has 2 atom stereocenters. The molecule has 1 aliphatic carbocycles. The van der Waals surface area contributed by atoms with Gasteiger partial charge < -0.3 is 10.5 Å². The van der Waals surface area contributed by atoms with Crippen LogP contribution in [0, 0.1) is 5.92 Å². The molecule has 2 unspecified atom stereocenters. The van der Waals surface area contributed by atoms with Crippen LogP contribution in [0.3, 0.4) is 0 Å². The van der Waals surface area contributed by atoms with Crippen LogP contribution in [-0.4, -0.2) is 17.6 Å². The highest BCUT2D eigenvalue weighted by Gasteiger charge is 2.28. The first-order valence-electron chi connectivity index (χ1n) is 5.55. The Bertz CT molecular complexity index is 253. The number of rotatable bonds is 2. The van der Waals surface area contributed by atoms with Crippen molar-refractivity contribution < 1.29 is 9.53 Å². The molecule has 0 fully saturated rings. The van der Waals surface area contributed by atoms with Crippen molar-refractivity contribution in [3.63, 3.8) is 0 Å². The topological polar surface area (TPSA) is 52.3 Å². The van der Waals surface area contributed by atoms with Gasteiger partial charge in [-0.2, -0.15) is 0 Å². The number of ether oxygens (including phenoxy) is 1. The molecular formula is C12H21NO2. The van der Waals surface area contributed by atoms with Crippen molar-refractivity contribution in [1.29, 1.82) is 0 Å². The first-order valence-corrected chi connectivity index (χ1v) is 5.55. The lowest BCUT2D eigenvalue weighted by atomic mass is 9.90. The van der Waals surface area contributed by atoms with Crippen LogP contribution in [0.5, 0.6) is 0 Å². The van der Waals surface area contributed by atoms with E-state index in [-0.39, 0.29) is 11.9 Å². The lowest BCUT2D eigenvalue weighted by Gasteiger charge is -2.26. The van der Waals surface area contributed by atoms with Gasteiger partial charge in [-0.1, -0.05) is 12.2 Å². The second kappa shape index (κ2) is 4.79. The Balaban J connectivity index is 2.52. The van der Waals surface area contributed by atoms with Crippen LogP contribution in [0.25, 0.3) is 0 Å². The van der Waals surface area contributed by atoms with Gasteiger partial charge in [0.2, 0.25) is 0 Å². The fourth-order valence-electron chi connectivity index (χ4n) is 1.68. The molecule has 0 radical (unpaired) electrons. The highest BCUT2D eigenvalue weighted by molar-refractivity contribution is 5.76. The maximum atomic E-state index is 11.7. The van der Waals surface area contributed by atoms with Gasteiger partial charge in [0.25, 0.3) is 0 Å². The van der Waals surface area contributed by atoms with E-state index in [4.69, 9.17) is 10.5 Å². The molecule has 3 heteroatoms. The maximum absolute atomic E-state index is 11.7. The smallest absolute Gasteiger partial charge is 0.324 e. The van der Waals surface area contributed by atoms with Crippen LogP contribution in [0.2, 0.25) is 0 Å². The van der Waals surface area contributed by atoms with Crippen molar-refractivity contribution in [2.45, 2.75) is 51.7 Å². The summed E-state index contributed by atoms with van der Waals surface area (Å²) in [5, 5.41) is 0. The second-order valence-corrected chi connectivity index (χ2v) is 5.08. The Morgan fingerprint density at radius 3 is 2.67 bits per heavy atom. The third kappa shape index (κ3) is 4.04. The van der Waals surface area contributed by atoms with Crippen LogP contribution in [0.1, 0.15) is 40.0 Å². The molecule has 1 rings (SSSR count). The largest absolute Gasteiger partial charge is 0.459 e. The van der Waals surface area contributed by atoms with Crippen molar-refractivity contribution in [2.24, 2.45) is 11.7 Å². The minimum absolute atomic E-state index is 0.147. The van der Waals surface area contributed by atoms with Gasteiger partial charge in [0.1, 0.15) is 11.6 Å². The first-order chi connectivity index (χ1) is 6.90. The van der Waals surface area contributed by atoms with Crippen molar-refractivity contribution in [2.75, 3.05) is 0 Å². The van der Waals surface area contributed by atoms with Crippen LogP contribution < -0.4 is 5.73 Å². The van der Waals surface area contributed by atoms with Gasteiger partial charge in [-0.3, -0.25) is 4.79 Å². The summed E-state index contributed by atoms with van der Waals surface area (Å²) in [6.45, 7) is 5.57. The quantitative estimate of drug-likeness (QED) is 0.561. The molecule has 86 valence electrons. The van der Waals surface area contributed by atoms with Gasteiger partial charge in [0.15, 0.2) is 0 Å². The molecule has 0 heterocycles. The fourth-order valence-corrected chi connectivity index (χ4v) is 1.68. The van der Waals surface area contributed by atoms with Crippen molar-refractivity contribution in [1.82, 2.24) is 0 Å². The number of carbonyl (C=O) groups excluding carboxylic acids is 1. The van der Waals surface area contributed by atoms with Gasteiger partial charge in [0.05, 0.1) is 0 Å². The zero-order valence-electron chi connectivity index (χ0n) is 9.82. The summed E-state index contributed by atoms with van der Waals surface area (Å²) in [5.41, 5.74) is 5.42. The average molecular weight is 211 g/mol. The molecule has 0 saturated carbocycles. The molecule has 0 aromatic carbocycles. The Morgan fingerprint density at radius 2 is 2.20 bits per heavy atom. The van der Waals surface area contributed by atoms with E-state index >= 15 is 0 Å². The number of allylic oxidation sites excluding steroid dienone is 1. The van der Waals surface area contributed by atoms with E-state index in [9.17, 15) is 4.79 Å². The Morgan fingerprint density at radius 1 is 1.53 bits per heavy atom. The van der Waals surface area contributed by atoms with Crippen molar-refractivity contribution >= 4 is 5.97 Å². The van der Waals surface area contributed by atoms with Gasteiger partial charge in [-0.15, -0.1) is 0 Å². The lowest BCUT2D eigenvalue weighted by molar-refractivity contribution is -0.157.